The van der Waals surface area contributed by atoms with Crippen molar-refractivity contribution in [2.24, 2.45) is 0 Å². The van der Waals surface area contributed by atoms with Gasteiger partial charge >= 0.3 is 0 Å². The first-order chi connectivity index (χ1) is 13.0. The SMILES string of the molecule is COCc1ccc(C(=O)Nc2cccc(Oc3cccc(Cl)c3)c2)c(C)n1. The molecule has 0 saturated carbocycles. The number of hydrogen-bond donors (Lipinski definition) is 1. The van der Waals surface area contributed by atoms with Crippen LogP contribution in [0.25, 0.3) is 0 Å². The molecule has 1 aromatic heterocycles. The zero-order chi connectivity index (χ0) is 19.2. The monoisotopic (exact) mass is 382 g/mol. The van der Waals surface area contributed by atoms with Gasteiger partial charge in [0.2, 0.25) is 0 Å². The number of nitrogens with zero attached hydrogens (tertiary/aromatic N) is 1. The van der Waals surface area contributed by atoms with Gasteiger partial charge in [-0.3, -0.25) is 9.78 Å². The molecule has 5 nitrogen and oxygen atoms in total. The van der Waals surface area contributed by atoms with E-state index in [1.807, 2.05) is 24.3 Å². The lowest BCUT2D eigenvalue weighted by Crippen LogP contribution is -2.14. The molecule has 0 fully saturated rings. The summed E-state index contributed by atoms with van der Waals surface area (Å²) in [4.78, 5) is 17.0. The number of benzene rings is 2. The van der Waals surface area contributed by atoms with E-state index in [4.69, 9.17) is 21.1 Å². The number of aryl methyl sites for hydroxylation is 1. The molecule has 1 heterocycles. The highest BCUT2D eigenvalue weighted by Crippen LogP contribution is 2.26. The number of carbonyl (C=O) groups excluding carboxylic acids is 1. The van der Waals surface area contributed by atoms with E-state index >= 15 is 0 Å². The molecule has 0 aliphatic rings. The maximum absolute atomic E-state index is 12.6. The summed E-state index contributed by atoms with van der Waals surface area (Å²) in [6.07, 6.45) is 0. The predicted molar refractivity (Wildman–Crippen MR) is 106 cm³/mol. The first-order valence-corrected chi connectivity index (χ1v) is 8.73. The van der Waals surface area contributed by atoms with E-state index in [-0.39, 0.29) is 5.91 Å². The molecule has 0 aliphatic heterocycles. The van der Waals surface area contributed by atoms with Crippen LogP contribution >= 0.6 is 11.6 Å². The first-order valence-electron chi connectivity index (χ1n) is 8.35. The third-order valence-electron chi connectivity index (χ3n) is 3.80. The number of rotatable bonds is 6. The molecule has 0 radical (unpaired) electrons. The summed E-state index contributed by atoms with van der Waals surface area (Å²) in [7, 11) is 1.61. The molecule has 1 amide bonds. The van der Waals surface area contributed by atoms with Gasteiger partial charge in [0.05, 0.1) is 23.6 Å². The van der Waals surface area contributed by atoms with Gasteiger partial charge < -0.3 is 14.8 Å². The first kappa shape index (κ1) is 18.9. The second-order valence-electron chi connectivity index (χ2n) is 5.91. The highest BCUT2D eigenvalue weighted by molar-refractivity contribution is 6.30. The number of hydrogen-bond acceptors (Lipinski definition) is 4. The van der Waals surface area contributed by atoms with Crippen LogP contribution in [-0.4, -0.2) is 18.0 Å². The number of anilines is 1. The lowest BCUT2D eigenvalue weighted by molar-refractivity contribution is 0.102. The smallest absolute Gasteiger partial charge is 0.257 e. The predicted octanol–water partition coefficient (Wildman–Crippen LogP) is 5.23. The van der Waals surface area contributed by atoms with E-state index in [9.17, 15) is 4.79 Å². The highest BCUT2D eigenvalue weighted by atomic mass is 35.5. The Hall–Kier alpha value is -2.89. The van der Waals surface area contributed by atoms with Crippen molar-refractivity contribution in [1.82, 2.24) is 4.98 Å². The number of methoxy groups -OCH3 is 1. The van der Waals surface area contributed by atoms with Crippen LogP contribution in [0.2, 0.25) is 5.02 Å². The summed E-state index contributed by atoms with van der Waals surface area (Å²) in [5, 5.41) is 3.47. The Bertz CT molecular complexity index is 960. The Balaban J connectivity index is 1.73. The lowest BCUT2D eigenvalue weighted by atomic mass is 10.1. The lowest BCUT2D eigenvalue weighted by Gasteiger charge is -2.11. The Morgan fingerprint density at radius 2 is 1.81 bits per heavy atom. The van der Waals surface area contributed by atoms with Crippen LogP contribution in [0.4, 0.5) is 5.69 Å². The highest BCUT2D eigenvalue weighted by Gasteiger charge is 2.12. The van der Waals surface area contributed by atoms with Gasteiger partial charge in [0.15, 0.2) is 0 Å². The molecule has 0 atom stereocenters. The maximum atomic E-state index is 12.6. The molecule has 3 rings (SSSR count). The fraction of sp³-hybridized carbons (Fsp3) is 0.143. The van der Waals surface area contributed by atoms with E-state index in [1.54, 1.807) is 50.4 Å². The van der Waals surface area contributed by atoms with Crippen LogP contribution < -0.4 is 10.1 Å². The topological polar surface area (TPSA) is 60.5 Å². The number of amides is 1. The number of nitrogens with one attached hydrogen (secondary N) is 1. The van der Waals surface area contributed by atoms with Crippen molar-refractivity contribution in [3.63, 3.8) is 0 Å². The van der Waals surface area contributed by atoms with Crippen LogP contribution in [0.15, 0.2) is 60.7 Å². The van der Waals surface area contributed by atoms with Gasteiger partial charge in [-0.25, -0.2) is 0 Å². The second kappa shape index (κ2) is 8.66. The molecule has 0 spiro atoms. The maximum Gasteiger partial charge on any atom is 0.257 e. The largest absolute Gasteiger partial charge is 0.457 e. The summed E-state index contributed by atoms with van der Waals surface area (Å²) >= 11 is 5.97. The van der Waals surface area contributed by atoms with Gasteiger partial charge in [-0.05, 0) is 49.4 Å². The fourth-order valence-corrected chi connectivity index (χ4v) is 2.76. The Morgan fingerprint density at radius 1 is 1.07 bits per heavy atom. The van der Waals surface area contributed by atoms with E-state index in [1.165, 1.54) is 0 Å². The van der Waals surface area contributed by atoms with Gasteiger partial charge in [-0.2, -0.15) is 0 Å². The van der Waals surface area contributed by atoms with Crippen LogP contribution in [0, 0.1) is 6.92 Å². The fourth-order valence-electron chi connectivity index (χ4n) is 2.58. The van der Waals surface area contributed by atoms with Gasteiger partial charge in [0.1, 0.15) is 11.5 Å². The molecule has 0 bridgehead atoms. The molecule has 3 aromatic rings. The van der Waals surface area contributed by atoms with Crippen molar-refractivity contribution >= 4 is 23.2 Å². The minimum atomic E-state index is -0.233. The molecule has 1 N–H and O–H groups in total. The van der Waals surface area contributed by atoms with E-state index < -0.39 is 0 Å². The minimum absolute atomic E-state index is 0.233. The third kappa shape index (κ3) is 5.06. The van der Waals surface area contributed by atoms with Crippen molar-refractivity contribution in [1.29, 1.82) is 0 Å². The van der Waals surface area contributed by atoms with Crippen molar-refractivity contribution in [2.75, 3.05) is 12.4 Å². The van der Waals surface area contributed by atoms with Crippen LogP contribution in [0.3, 0.4) is 0 Å². The van der Waals surface area contributed by atoms with Crippen molar-refractivity contribution in [3.8, 4) is 11.5 Å². The number of aromatic nitrogens is 1. The van der Waals surface area contributed by atoms with Gasteiger partial charge in [0.25, 0.3) is 5.91 Å². The van der Waals surface area contributed by atoms with E-state index in [0.29, 0.717) is 40.1 Å². The number of ether oxygens (including phenoxy) is 2. The molecule has 0 saturated heterocycles. The standard InChI is InChI=1S/C21H19ClN2O3/c1-14-20(10-9-17(23-14)13-26-2)21(25)24-16-6-4-8-19(12-16)27-18-7-3-5-15(22)11-18/h3-12H,13H2,1-2H3,(H,24,25). The van der Waals surface area contributed by atoms with Crippen molar-refractivity contribution in [3.05, 3.63) is 82.6 Å². The second-order valence-corrected chi connectivity index (χ2v) is 6.35. The van der Waals surface area contributed by atoms with Gasteiger partial charge in [-0.1, -0.05) is 23.7 Å². The average molecular weight is 383 g/mol. The van der Waals surface area contributed by atoms with E-state index in [2.05, 4.69) is 10.3 Å². The van der Waals surface area contributed by atoms with Crippen LogP contribution in [-0.2, 0) is 11.3 Å². The Labute approximate surface area is 162 Å². The zero-order valence-corrected chi connectivity index (χ0v) is 15.8. The summed E-state index contributed by atoms with van der Waals surface area (Å²) < 4.78 is 10.9. The summed E-state index contributed by atoms with van der Waals surface area (Å²) in [5.74, 6) is 0.990. The zero-order valence-electron chi connectivity index (χ0n) is 15.0. The average Bonchev–Trinajstić information content (AvgIpc) is 2.62. The van der Waals surface area contributed by atoms with Crippen molar-refractivity contribution < 1.29 is 14.3 Å². The Kier molecular flexibility index (Phi) is 6.06. The number of halogens is 1. The summed E-state index contributed by atoms with van der Waals surface area (Å²) in [6.45, 7) is 2.21. The molecule has 2 aromatic carbocycles. The van der Waals surface area contributed by atoms with E-state index in [0.717, 1.165) is 5.69 Å². The number of carbonyl (C=O) groups is 1. The van der Waals surface area contributed by atoms with Crippen LogP contribution in [0.5, 0.6) is 11.5 Å². The van der Waals surface area contributed by atoms with Gasteiger partial charge in [0, 0.05) is 23.9 Å². The molecular formula is C21H19ClN2O3. The van der Waals surface area contributed by atoms with Gasteiger partial charge in [-0.15, -0.1) is 0 Å². The summed E-state index contributed by atoms with van der Waals surface area (Å²) in [6, 6.07) is 17.8. The molecule has 0 aliphatic carbocycles. The molecule has 6 heteroatoms. The van der Waals surface area contributed by atoms with Crippen molar-refractivity contribution in [2.45, 2.75) is 13.5 Å². The van der Waals surface area contributed by atoms with Crippen LogP contribution in [0.1, 0.15) is 21.7 Å². The molecule has 0 unspecified atom stereocenters. The minimum Gasteiger partial charge on any atom is -0.457 e. The third-order valence-corrected chi connectivity index (χ3v) is 4.04. The molecule has 27 heavy (non-hydrogen) atoms. The molecular weight excluding hydrogens is 364 g/mol. The normalized spacial score (nSPS) is 10.5. The number of pyridine rings is 1. The Morgan fingerprint density at radius 3 is 2.52 bits per heavy atom. The quantitative estimate of drug-likeness (QED) is 0.633. The summed E-state index contributed by atoms with van der Waals surface area (Å²) in [5.41, 5.74) is 2.56. The molecule has 138 valence electrons.